The fraction of sp³-hybridized carbons (Fsp3) is 0.767. The van der Waals surface area contributed by atoms with Crippen molar-refractivity contribution in [2.75, 3.05) is 39.5 Å². The van der Waals surface area contributed by atoms with Crippen molar-refractivity contribution in [1.29, 1.82) is 0 Å². The monoisotopic (exact) mass is 798 g/mol. The second-order valence-electron chi connectivity index (χ2n) is 19.2. The standard InChI is InChI=1S/C43H62N2O12/c1-6-33(46)52-10-12-54-35(48)40-17-29-14-30(18-40)22-42(21-29,25-40)56-37(50)44-9-8-28(3)16-39(4,5)27-45-38(51)57-43-23-31-15-32(24-43)20-41(19-31,26-43)36(49)55-13-11-53-34(47)7-2/h6-7,28-32H,1-2,8-27H2,3-5H3,(H,44,50)(H,45,51). The van der Waals surface area contributed by atoms with E-state index >= 15 is 0 Å². The zero-order chi connectivity index (χ0) is 41.1. The fourth-order valence-corrected chi connectivity index (χ4v) is 12.4. The third-order valence-corrected chi connectivity index (χ3v) is 13.5. The Labute approximate surface area is 335 Å². The Morgan fingerprint density at radius 1 is 0.649 bits per heavy atom. The molecule has 8 fully saturated rings. The van der Waals surface area contributed by atoms with Crippen molar-refractivity contribution in [2.45, 2.75) is 122 Å². The van der Waals surface area contributed by atoms with Crippen molar-refractivity contribution in [1.82, 2.24) is 10.6 Å². The molecule has 14 nitrogen and oxygen atoms in total. The van der Waals surface area contributed by atoms with Crippen molar-refractivity contribution in [3.8, 4) is 0 Å². The molecule has 0 radical (unpaired) electrons. The van der Waals surface area contributed by atoms with Gasteiger partial charge in [0, 0.05) is 38.1 Å². The molecule has 0 aliphatic heterocycles. The lowest BCUT2D eigenvalue weighted by Gasteiger charge is -2.59. The van der Waals surface area contributed by atoms with Gasteiger partial charge in [-0.05, 0) is 112 Å². The molecule has 0 aromatic carbocycles. The molecule has 57 heavy (non-hydrogen) atoms. The Morgan fingerprint density at radius 3 is 1.47 bits per heavy atom. The van der Waals surface area contributed by atoms with Gasteiger partial charge in [0.2, 0.25) is 0 Å². The average molecular weight is 799 g/mol. The lowest BCUT2D eigenvalue weighted by molar-refractivity contribution is -0.197. The van der Waals surface area contributed by atoms with Gasteiger partial charge in [0.25, 0.3) is 0 Å². The number of hydrogen-bond donors (Lipinski definition) is 2. The molecule has 0 aromatic heterocycles. The van der Waals surface area contributed by atoms with Crippen LogP contribution in [0.3, 0.4) is 0 Å². The Kier molecular flexibility index (Phi) is 12.7. The van der Waals surface area contributed by atoms with Crippen molar-refractivity contribution < 1.29 is 57.2 Å². The van der Waals surface area contributed by atoms with Gasteiger partial charge in [-0.25, -0.2) is 19.2 Å². The highest BCUT2D eigenvalue weighted by molar-refractivity contribution is 5.82. The highest BCUT2D eigenvalue weighted by Gasteiger charge is 2.64. The molecule has 2 N–H and O–H groups in total. The second kappa shape index (κ2) is 17.0. The first-order valence-corrected chi connectivity index (χ1v) is 20.9. The van der Waals surface area contributed by atoms with E-state index in [1.807, 2.05) is 0 Å². The lowest BCUT2D eigenvalue weighted by atomic mass is 9.48. The molecule has 14 heteroatoms. The van der Waals surface area contributed by atoms with E-state index in [-0.39, 0.29) is 61.5 Å². The summed E-state index contributed by atoms with van der Waals surface area (Å²) >= 11 is 0. The van der Waals surface area contributed by atoms with E-state index in [1.165, 1.54) is 0 Å². The van der Waals surface area contributed by atoms with Crippen LogP contribution in [0.4, 0.5) is 9.59 Å². The summed E-state index contributed by atoms with van der Waals surface area (Å²) in [5, 5.41) is 5.95. The van der Waals surface area contributed by atoms with Crippen molar-refractivity contribution in [2.24, 2.45) is 45.8 Å². The zero-order valence-corrected chi connectivity index (χ0v) is 34.0. The molecule has 0 aromatic rings. The van der Waals surface area contributed by atoms with Crippen LogP contribution in [0.15, 0.2) is 25.3 Å². The first-order valence-electron chi connectivity index (χ1n) is 20.9. The van der Waals surface area contributed by atoms with Crippen LogP contribution in [0.25, 0.3) is 0 Å². The predicted molar refractivity (Wildman–Crippen MR) is 205 cm³/mol. The molecule has 0 saturated heterocycles. The van der Waals surface area contributed by atoms with E-state index in [9.17, 15) is 28.8 Å². The number of rotatable bonds is 19. The molecule has 2 amide bonds. The fourth-order valence-electron chi connectivity index (χ4n) is 12.4. The van der Waals surface area contributed by atoms with Crippen molar-refractivity contribution >= 4 is 36.1 Å². The van der Waals surface area contributed by atoms with Crippen molar-refractivity contribution in [3.63, 3.8) is 0 Å². The van der Waals surface area contributed by atoms with Crippen LogP contribution in [0.2, 0.25) is 0 Å². The van der Waals surface area contributed by atoms with Gasteiger partial charge in [0.1, 0.15) is 37.6 Å². The minimum absolute atomic E-state index is 0.0261. The Morgan fingerprint density at radius 2 is 1.05 bits per heavy atom. The predicted octanol–water partition coefficient (Wildman–Crippen LogP) is 6.10. The lowest BCUT2D eigenvalue weighted by Crippen LogP contribution is -2.60. The molecule has 8 bridgehead atoms. The summed E-state index contributed by atoms with van der Waals surface area (Å²) in [4.78, 5) is 75.8. The Hall–Kier alpha value is -4.10. The largest absolute Gasteiger partial charge is 0.462 e. The smallest absolute Gasteiger partial charge is 0.407 e. The van der Waals surface area contributed by atoms with Gasteiger partial charge >= 0.3 is 36.1 Å². The number of alkyl carbamates (subject to hydrolysis) is 2. The van der Waals surface area contributed by atoms with Crippen LogP contribution < -0.4 is 10.6 Å². The van der Waals surface area contributed by atoms with Crippen LogP contribution in [0, 0.1) is 45.8 Å². The summed E-state index contributed by atoms with van der Waals surface area (Å²) in [5.41, 5.74) is -3.04. The van der Waals surface area contributed by atoms with E-state index in [0.29, 0.717) is 44.2 Å². The minimum Gasteiger partial charge on any atom is -0.462 e. The molecular weight excluding hydrogens is 736 g/mol. The maximum absolute atomic E-state index is 13.4. The summed E-state index contributed by atoms with van der Waals surface area (Å²) in [6.45, 7) is 13.7. The van der Waals surface area contributed by atoms with Gasteiger partial charge in [-0.15, -0.1) is 0 Å². The highest BCUT2D eigenvalue weighted by Crippen LogP contribution is 2.64. The minimum atomic E-state index is -0.705. The van der Waals surface area contributed by atoms with Crippen LogP contribution >= 0.6 is 0 Å². The van der Waals surface area contributed by atoms with Crippen LogP contribution in [-0.2, 0) is 47.6 Å². The Bertz CT molecular complexity index is 1560. The van der Waals surface area contributed by atoms with Crippen molar-refractivity contribution in [3.05, 3.63) is 25.3 Å². The molecule has 0 heterocycles. The Balaban J connectivity index is 0.912. The summed E-state index contributed by atoms with van der Waals surface area (Å²) in [6.07, 6.45) is 11.5. The van der Waals surface area contributed by atoms with Gasteiger partial charge in [-0.2, -0.15) is 0 Å². The van der Waals surface area contributed by atoms with Gasteiger partial charge in [-0.3, -0.25) is 9.59 Å². The molecule has 5 unspecified atom stereocenters. The molecule has 8 aliphatic rings. The average Bonchev–Trinajstić information content (AvgIpc) is 3.12. The highest BCUT2D eigenvalue weighted by atomic mass is 16.6. The first-order chi connectivity index (χ1) is 27.0. The summed E-state index contributed by atoms with van der Waals surface area (Å²) in [7, 11) is 0. The topological polar surface area (TPSA) is 182 Å². The SMILES string of the molecule is C=CC(=O)OCCOC(=O)C12CC3CC(CC(OC(=O)NCCC(C)CC(C)(C)CNC(=O)OC45CC6CC(C4)CC(C(=O)OCCOC(=O)C=C)(C6)C5)(C3)C1)C2. The number of nitrogens with one attached hydrogen (secondary N) is 2. The maximum Gasteiger partial charge on any atom is 0.407 e. The normalized spacial score (nSPS) is 33.3. The third kappa shape index (κ3) is 10.1. The number of esters is 4. The number of hydrogen-bond acceptors (Lipinski definition) is 12. The van der Waals surface area contributed by atoms with Crippen LogP contribution in [0.1, 0.15) is 111 Å². The van der Waals surface area contributed by atoms with Crippen LogP contribution in [-0.4, -0.2) is 86.8 Å². The number of amides is 2. The quantitative estimate of drug-likeness (QED) is 0.0664. The van der Waals surface area contributed by atoms with Gasteiger partial charge in [0.05, 0.1) is 10.8 Å². The molecule has 8 saturated carbocycles. The molecule has 8 rings (SSSR count). The van der Waals surface area contributed by atoms with E-state index in [0.717, 1.165) is 82.8 Å². The summed E-state index contributed by atoms with van der Waals surface area (Å²) in [5.74, 6) is -0.358. The number of carbonyl (C=O) groups excluding carboxylic acids is 6. The summed E-state index contributed by atoms with van der Waals surface area (Å²) in [6, 6.07) is 0. The molecule has 5 atom stereocenters. The van der Waals surface area contributed by atoms with Gasteiger partial charge in [-0.1, -0.05) is 33.9 Å². The first kappa shape index (κ1) is 42.5. The summed E-state index contributed by atoms with van der Waals surface area (Å²) < 4.78 is 33.4. The number of carbonyl (C=O) groups is 6. The number of ether oxygens (including phenoxy) is 6. The van der Waals surface area contributed by atoms with Crippen LogP contribution in [0.5, 0.6) is 0 Å². The zero-order valence-electron chi connectivity index (χ0n) is 34.0. The van der Waals surface area contributed by atoms with E-state index in [4.69, 9.17) is 28.4 Å². The van der Waals surface area contributed by atoms with Gasteiger partial charge < -0.3 is 39.1 Å². The molecular formula is C43H62N2O12. The van der Waals surface area contributed by atoms with Gasteiger partial charge in [0.15, 0.2) is 0 Å². The molecule has 316 valence electrons. The van der Waals surface area contributed by atoms with E-state index < -0.39 is 46.2 Å². The molecule has 0 spiro atoms. The van der Waals surface area contributed by atoms with E-state index in [2.05, 4.69) is 44.6 Å². The third-order valence-electron chi connectivity index (χ3n) is 13.5. The molecule has 8 aliphatic carbocycles. The van der Waals surface area contributed by atoms with E-state index in [1.54, 1.807) is 0 Å². The maximum atomic E-state index is 13.4. The second-order valence-corrected chi connectivity index (χ2v) is 19.2.